The third-order valence-electron chi connectivity index (χ3n) is 4.82. The first-order valence-corrected chi connectivity index (χ1v) is 7.13. The van der Waals surface area contributed by atoms with Crippen LogP contribution in [-0.2, 0) is 17.9 Å². The van der Waals surface area contributed by atoms with E-state index in [1.165, 1.54) is 17.5 Å². The molecule has 1 aliphatic heterocycles. The summed E-state index contributed by atoms with van der Waals surface area (Å²) in [6.07, 6.45) is 3.38. The molecule has 1 aliphatic carbocycles. The summed E-state index contributed by atoms with van der Waals surface area (Å²) >= 11 is 0. The number of hydrogen-bond acceptors (Lipinski definition) is 2. The molecule has 3 rings (SSSR count). The van der Waals surface area contributed by atoms with Gasteiger partial charge < -0.3 is 10.6 Å². The molecule has 0 aromatic heterocycles. The molecule has 3 nitrogen and oxygen atoms in total. The molecule has 1 unspecified atom stereocenters. The summed E-state index contributed by atoms with van der Waals surface area (Å²) in [4.78, 5) is 14.7. The molecule has 0 radical (unpaired) electrons. The van der Waals surface area contributed by atoms with Gasteiger partial charge in [-0.15, -0.1) is 0 Å². The number of rotatable bonds is 1. The van der Waals surface area contributed by atoms with E-state index in [4.69, 9.17) is 5.73 Å². The molecule has 0 saturated heterocycles. The number of nitrogens with zero attached hydrogens (tertiary/aromatic N) is 1. The van der Waals surface area contributed by atoms with E-state index in [0.717, 1.165) is 31.6 Å². The molecule has 1 amide bonds. The smallest absolute Gasteiger partial charge is 0.226 e. The molecule has 0 spiro atoms. The summed E-state index contributed by atoms with van der Waals surface area (Å²) in [7, 11) is 0. The van der Waals surface area contributed by atoms with Gasteiger partial charge in [0.1, 0.15) is 0 Å². The molecule has 2 aliphatic rings. The van der Waals surface area contributed by atoms with Crippen LogP contribution >= 0.6 is 0 Å². The van der Waals surface area contributed by atoms with Crippen molar-refractivity contribution in [3.05, 3.63) is 29.3 Å². The first-order chi connectivity index (χ1) is 8.97. The molecule has 1 aromatic rings. The zero-order valence-electron chi connectivity index (χ0n) is 11.8. The lowest BCUT2D eigenvalue weighted by Gasteiger charge is -2.29. The van der Waals surface area contributed by atoms with E-state index in [-0.39, 0.29) is 11.3 Å². The minimum Gasteiger partial charge on any atom is -0.399 e. The Labute approximate surface area is 114 Å². The highest BCUT2D eigenvalue weighted by Gasteiger charge is 2.42. The van der Waals surface area contributed by atoms with Crippen LogP contribution in [0.15, 0.2) is 18.2 Å². The fourth-order valence-electron chi connectivity index (χ4n) is 3.58. The van der Waals surface area contributed by atoms with Crippen molar-refractivity contribution in [3.8, 4) is 0 Å². The van der Waals surface area contributed by atoms with Crippen molar-refractivity contribution >= 4 is 11.6 Å². The van der Waals surface area contributed by atoms with Crippen molar-refractivity contribution in [1.29, 1.82) is 0 Å². The van der Waals surface area contributed by atoms with Gasteiger partial charge in [0.15, 0.2) is 0 Å². The van der Waals surface area contributed by atoms with Crippen LogP contribution in [-0.4, -0.2) is 10.8 Å². The first-order valence-electron chi connectivity index (χ1n) is 7.13. The Balaban J connectivity index is 1.78. The number of hydrogen-bond donors (Lipinski definition) is 1. The minimum absolute atomic E-state index is 0.158. The highest BCUT2D eigenvalue weighted by Crippen LogP contribution is 2.44. The van der Waals surface area contributed by atoms with Gasteiger partial charge in [-0.25, -0.2) is 0 Å². The standard InChI is InChI=1S/C16H22N2O/c1-16(2)7-3-4-14(16)15(19)18-9-11-5-6-13(17)8-12(11)10-18/h5-6,8,14H,3-4,7,9-10,17H2,1-2H3. The zero-order valence-corrected chi connectivity index (χ0v) is 11.8. The Morgan fingerprint density at radius 1 is 1.32 bits per heavy atom. The van der Waals surface area contributed by atoms with Crippen LogP contribution in [0.1, 0.15) is 44.2 Å². The average Bonchev–Trinajstić information content (AvgIpc) is 2.90. The quantitative estimate of drug-likeness (QED) is 0.787. The number of nitrogens with two attached hydrogens (primary N) is 1. The van der Waals surface area contributed by atoms with Gasteiger partial charge in [-0.2, -0.15) is 0 Å². The van der Waals surface area contributed by atoms with Crippen LogP contribution in [0.5, 0.6) is 0 Å². The second-order valence-electron chi connectivity index (χ2n) is 6.66. The number of benzene rings is 1. The van der Waals surface area contributed by atoms with Crippen molar-refractivity contribution in [1.82, 2.24) is 4.90 Å². The van der Waals surface area contributed by atoms with Crippen molar-refractivity contribution in [2.75, 3.05) is 5.73 Å². The Morgan fingerprint density at radius 2 is 2.05 bits per heavy atom. The molecule has 3 heteroatoms. The number of fused-ring (bicyclic) bond motifs is 1. The van der Waals surface area contributed by atoms with Gasteiger partial charge in [0.05, 0.1) is 0 Å². The Bertz CT molecular complexity index is 521. The van der Waals surface area contributed by atoms with Gasteiger partial charge >= 0.3 is 0 Å². The molecule has 19 heavy (non-hydrogen) atoms. The molecular formula is C16H22N2O. The molecule has 1 atom stereocenters. The van der Waals surface area contributed by atoms with Crippen molar-refractivity contribution in [2.45, 2.75) is 46.2 Å². The van der Waals surface area contributed by atoms with E-state index < -0.39 is 0 Å². The van der Waals surface area contributed by atoms with Gasteiger partial charge in [0.2, 0.25) is 5.91 Å². The van der Waals surface area contributed by atoms with Crippen LogP contribution in [0.2, 0.25) is 0 Å². The molecule has 2 N–H and O–H groups in total. The number of carbonyl (C=O) groups is 1. The van der Waals surface area contributed by atoms with Crippen LogP contribution in [0.25, 0.3) is 0 Å². The van der Waals surface area contributed by atoms with E-state index in [9.17, 15) is 4.79 Å². The predicted octanol–water partition coefficient (Wildman–Crippen LogP) is 2.94. The van der Waals surface area contributed by atoms with E-state index in [1.54, 1.807) is 0 Å². The lowest BCUT2D eigenvalue weighted by Crippen LogP contribution is -2.36. The molecule has 1 aromatic carbocycles. The minimum atomic E-state index is 0.158. The van der Waals surface area contributed by atoms with Crippen molar-refractivity contribution in [3.63, 3.8) is 0 Å². The van der Waals surface area contributed by atoms with Gasteiger partial charge in [-0.3, -0.25) is 4.79 Å². The molecular weight excluding hydrogens is 236 g/mol. The highest BCUT2D eigenvalue weighted by molar-refractivity contribution is 5.80. The van der Waals surface area contributed by atoms with Gasteiger partial charge in [0.25, 0.3) is 0 Å². The summed E-state index contributed by atoms with van der Waals surface area (Å²) < 4.78 is 0. The van der Waals surface area contributed by atoms with E-state index in [0.29, 0.717) is 5.91 Å². The SMILES string of the molecule is CC1(C)CCCC1C(=O)N1Cc2ccc(N)cc2C1. The summed E-state index contributed by atoms with van der Waals surface area (Å²) in [6.45, 7) is 5.93. The Morgan fingerprint density at radius 3 is 2.74 bits per heavy atom. The maximum Gasteiger partial charge on any atom is 0.226 e. The summed E-state index contributed by atoms with van der Waals surface area (Å²) in [5, 5.41) is 0. The highest BCUT2D eigenvalue weighted by atomic mass is 16.2. The molecule has 1 fully saturated rings. The predicted molar refractivity (Wildman–Crippen MR) is 76.2 cm³/mol. The molecule has 1 saturated carbocycles. The lowest BCUT2D eigenvalue weighted by atomic mass is 9.81. The van der Waals surface area contributed by atoms with Crippen molar-refractivity contribution < 1.29 is 4.79 Å². The fourth-order valence-corrected chi connectivity index (χ4v) is 3.58. The normalized spacial score (nSPS) is 24.5. The first kappa shape index (κ1) is 12.5. The third-order valence-corrected chi connectivity index (χ3v) is 4.82. The Kier molecular flexibility index (Phi) is 2.80. The van der Waals surface area contributed by atoms with E-state index in [1.807, 2.05) is 17.0 Å². The fraction of sp³-hybridized carbons (Fsp3) is 0.562. The van der Waals surface area contributed by atoms with Gasteiger partial charge in [0, 0.05) is 24.7 Å². The zero-order chi connectivity index (χ0) is 13.6. The maximum atomic E-state index is 12.7. The van der Waals surface area contributed by atoms with Crippen LogP contribution in [0, 0.1) is 11.3 Å². The topological polar surface area (TPSA) is 46.3 Å². The number of amides is 1. The van der Waals surface area contributed by atoms with Crippen LogP contribution < -0.4 is 5.73 Å². The lowest BCUT2D eigenvalue weighted by molar-refractivity contribution is -0.139. The van der Waals surface area contributed by atoms with Crippen molar-refractivity contribution in [2.24, 2.45) is 11.3 Å². The number of carbonyl (C=O) groups excluding carboxylic acids is 1. The van der Waals surface area contributed by atoms with Gasteiger partial charge in [-0.1, -0.05) is 26.3 Å². The third kappa shape index (κ3) is 2.11. The second kappa shape index (κ2) is 4.26. The summed E-state index contributed by atoms with van der Waals surface area (Å²) in [6, 6.07) is 5.98. The summed E-state index contributed by atoms with van der Waals surface area (Å²) in [5.41, 5.74) is 9.22. The van der Waals surface area contributed by atoms with Crippen LogP contribution in [0.4, 0.5) is 5.69 Å². The van der Waals surface area contributed by atoms with Crippen LogP contribution in [0.3, 0.4) is 0 Å². The van der Waals surface area contributed by atoms with E-state index in [2.05, 4.69) is 19.9 Å². The summed E-state index contributed by atoms with van der Waals surface area (Å²) in [5.74, 6) is 0.524. The maximum absolute atomic E-state index is 12.7. The van der Waals surface area contributed by atoms with E-state index >= 15 is 0 Å². The number of nitrogen functional groups attached to an aromatic ring is 1. The molecule has 102 valence electrons. The Hall–Kier alpha value is -1.51. The second-order valence-corrected chi connectivity index (χ2v) is 6.66. The largest absolute Gasteiger partial charge is 0.399 e. The molecule has 0 bridgehead atoms. The molecule has 1 heterocycles. The average molecular weight is 258 g/mol. The monoisotopic (exact) mass is 258 g/mol. The number of anilines is 1. The van der Waals surface area contributed by atoms with Gasteiger partial charge in [-0.05, 0) is 41.5 Å².